The number of nitrogens with zero attached hydrogens (tertiary/aromatic N) is 7. The lowest BCUT2D eigenvalue weighted by atomic mass is 9.98. The van der Waals surface area contributed by atoms with Crippen LogP contribution in [-0.2, 0) is 19.4 Å². The van der Waals surface area contributed by atoms with Crippen molar-refractivity contribution in [2.75, 3.05) is 31.9 Å². The Labute approximate surface area is 289 Å². The number of piperazine rings is 1. The summed E-state index contributed by atoms with van der Waals surface area (Å²) >= 11 is 0. The first-order chi connectivity index (χ1) is 24.1. The molecule has 0 unspecified atom stereocenters. The highest BCUT2D eigenvalue weighted by molar-refractivity contribution is 5.94. The Morgan fingerprint density at radius 3 is 2.32 bits per heavy atom. The summed E-state index contributed by atoms with van der Waals surface area (Å²) in [7, 11) is 0. The van der Waals surface area contributed by atoms with E-state index in [2.05, 4.69) is 30.0 Å². The molecule has 4 heterocycles. The van der Waals surface area contributed by atoms with Gasteiger partial charge in [-0.3, -0.25) is 9.69 Å². The highest BCUT2D eigenvalue weighted by atomic mass is 16.3. The highest BCUT2D eigenvalue weighted by Gasteiger charge is 2.24. The van der Waals surface area contributed by atoms with Crippen LogP contribution in [0.1, 0.15) is 52.4 Å². The van der Waals surface area contributed by atoms with Crippen molar-refractivity contribution in [2.45, 2.75) is 39.2 Å². The number of rotatable bonds is 9. The third-order valence-corrected chi connectivity index (χ3v) is 9.32. The Bertz CT molecular complexity index is 2100. The Hall–Kier alpha value is -5.95. The van der Waals surface area contributed by atoms with Crippen LogP contribution in [0.4, 0.5) is 5.95 Å². The molecule has 1 fully saturated rings. The molecule has 1 saturated heterocycles. The number of amides is 1. The first-order valence-corrected chi connectivity index (χ1v) is 16.6. The molecule has 3 aliphatic heterocycles. The molecule has 0 atom stereocenters. The predicted molar refractivity (Wildman–Crippen MR) is 188 cm³/mol. The van der Waals surface area contributed by atoms with E-state index in [1.54, 1.807) is 6.07 Å². The van der Waals surface area contributed by atoms with Crippen molar-refractivity contribution >= 4 is 11.9 Å². The van der Waals surface area contributed by atoms with E-state index >= 15 is 0 Å². The molecule has 50 heavy (non-hydrogen) atoms. The zero-order valence-electron chi connectivity index (χ0n) is 27.9. The van der Waals surface area contributed by atoms with E-state index in [0.717, 1.165) is 48.2 Å². The Morgan fingerprint density at radius 1 is 0.880 bits per heavy atom. The number of aromatic hydroxyl groups is 3. The van der Waals surface area contributed by atoms with Crippen molar-refractivity contribution in [1.29, 1.82) is 0 Å². The van der Waals surface area contributed by atoms with Gasteiger partial charge in [0.1, 0.15) is 11.5 Å². The fourth-order valence-corrected chi connectivity index (χ4v) is 6.48. The summed E-state index contributed by atoms with van der Waals surface area (Å²) in [4.78, 5) is 29.1. The summed E-state index contributed by atoms with van der Waals surface area (Å²) in [5, 5.41) is 39.4. The van der Waals surface area contributed by atoms with Crippen molar-refractivity contribution < 1.29 is 20.1 Å². The zero-order valence-corrected chi connectivity index (χ0v) is 27.9. The van der Waals surface area contributed by atoms with Crippen LogP contribution in [0.5, 0.6) is 17.5 Å². The number of fused-ring (bicyclic) bond motifs is 1. The van der Waals surface area contributed by atoms with E-state index in [1.165, 1.54) is 10.6 Å². The van der Waals surface area contributed by atoms with Gasteiger partial charge in [-0.1, -0.05) is 43.2 Å². The van der Waals surface area contributed by atoms with Crippen LogP contribution in [-0.4, -0.2) is 86.9 Å². The zero-order chi connectivity index (χ0) is 34.9. The number of aryl methyl sites for hydroxylation is 2. The number of hydrogen-bond donors (Lipinski definition) is 5. The lowest BCUT2D eigenvalue weighted by Gasteiger charge is -2.34. The first-order valence-electron chi connectivity index (χ1n) is 16.6. The van der Waals surface area contributed by atoms with E-state index in [4.69, 9.17) is 5.73 Å². The summed E-state index contributed by atoms with van der Waals surface area (Å²) in [6.07, 6.45) is 5.31. The van der Waals surface area contributed by atoms with Crippen LogP contribution in [0, 0.1) is 0 Å². The number of phenolic OH excluding ortho intramolecular Hbond substituents is 2. The predicted octanol–water partition coefficient (Wildman–Crippen LogP) is 4.72. The number of H-pyrrole nitrogens is 1. The van der Waals surface area contributed by atoms with Crippen LogP contribution in [0.15, 0.2) is 73.1 Å². The van der Waals surface area contributed by atoms with Gasteiger partial charge in [0.25, 0.3) is 5.91 Å². The molecule has 6 N–H and O–H groups in total. The molecule has 13 nitrogen and oxygen atoms in total. The van der Waals surface area contributed by atoms with Crippen LogP contribution in [0.25, 0.3) is 28.5 Å². The Balaban J connectivity index is 0.937. The largest absolute Gasteiger partial charge is 0.508 e. The second kappa shape index (κ2) is 13.5. The quantitative estimate of drug-likeness (QED) is 0.144. The topological polar surface area (TPSA) is 183 Å². The van der Waals surface area contributed by atoms with E-state index < -0.39 is 0 Å². The van der Waals surface area contributed by atoms with Gasteiger partial charge in [0, 0.05) is 62.3 Å². The van der Waals surface area contributed by atoms with Gasteiger partial charge in [0.05, 0.1) is 11.3 Å². The molecule has 0 spiro atoms. The minimum absolute atomic E-state index is 0.00217. The highest BCUT2D eigenvalue weighted by Crippen LogP contribution is 2.39. The van der Waals surface area contributed by atoms with Gasteiger partial charge in [-0.15, -0.1) is 5.10 Å². The number of hydrogen-bond acceptors (Lipinski definition) is 10. The molecule has 13 heteroatoms. The molecule has 3 aromatic carbocycles. The number of nitrogen functional groups attached to an aromatic ring is 1. The second-order valence-electron chi connectivity index (χ2n) is 13.0. The molecule has 4 aromatic rings. The lowest BCUT2D eigenvalue weighted by molar-refractivity contribution is 0.0628. The average molecular weight is 674 g/mol. The van der Waals surface area contributed by atoms with Crippen LogP contribution in [0.2, 0.25) is 0 Å². The van der Waals surface area contributed by atoms with Crippen molar-refractivity contribution in [3.8, 4) is 46.0 Å². The summed E-state index contributed by atoms with van der Waals surface area (Å²) in [5.41, 5.74) is 12.3. The summed E-state index contributed by atoms with van der Waals surface area (Å²) < 4.78 is 1.47. The molecule has 0 saturated carbocycles. The minimum Gasteiger partial charge on any atom is -0.508 e. The summed E-state index contributed by atoms with van der Waals surface area (Å²) in [6.45, 7) is 7.37. The second-order valence-corrected chi connectivity index (χ2v) is 13.0. The molecule has 3 aliphatic rings. The first kappa shape index (κ1) is 32.6. The van der Waals surface area contributed by atoms with Crippen molar-refractivity contribution in [2.24, 2.45) is 0 Å². The van der Waals surface area contributed by atoms with Gasteiger partial charge in [0.2, 0.25) is 0 Å². The maximum absolute atomic E-state index is 13.3. The van der Waals surface area contributed by atoms with Crippen LogP contribution < -0.4 is 5.73 Å². The fourth-order valence-electron chi connectivity index (χ4n) is 6.48. The number of carbonyl (C=O) groups excluding carboxylic acids is 1. The number of carbonyl (C=O) groups is 1. The van der Waals surface area contributed by atoms with Gasteiger partial charge in [-0.25, -0.2) is 9.55 Å². The molecule has 7 rings (SSSR count). The van der Waals surface area contributed by atoms with Gasteiger partial charge in [0.15, 0.2) is 17.6 Å². The number of benzene rings is 3. The number of nitrogens with two attached hydrogens (primary N) is 1. The maximum Gasteiger partial charge on any atom is 0.319 e. The SMILES string of the molecule is CC(C)c1cc(-c2nnc(O)n2-c2ccc(CN3CCN(C(=O)c4ccc(CCc5cnc6nc(N)[nH]cc5-6)cc4)CC3)cc2)c(O)cc1O. The smallest absolute Gasteiger partial charge is 0.319 e. The fraction of sp³-hybridized carbons (Fsp3) is 0.270. The van der Waals surface area contributed by atoms with Gasteiger partial charge in [-0.2, -0.15) is 4.98 Å². The number of phenols is 2. The standard InChI is InChI=1S/C37H39N9O4/c1-22(2)28-17-29(32(48)18-31(28)47)34-42-43-37(50)46(34)27-11-6-24(7-12-27)21-44-13-15-45(16-14-44)35(49)25-8-3-23(4-9-25)5-10-26-19-39-33-30(26)20-40-36(38)41-33/h3-4,6-9,11-12,17-20,22,47-48H,5,10,13-16,21H2,1-2H3,(H,43,50)(H3,38,39,40,41). The molecule has 0 radical (unpaired) electrons. The van der Waals surface area contributed by atoms with Crippen LogP contribution in [0.3, 0.4) is 0 Å². The summed E-state index contributed by atoms with van der Waals surface area (Å²) in [6, 6.07) is 18.2. The molecular formula is C37H39N9O4. The molecule has 0 aliphatic carbocycles. The molecule has 0 bridgehead atoms. The lowest BCUT2D eigenvalue weighted by Crippen LogP contribution is -2.48. The normalized spacial score (nSPS) is 13.8. The van der Waals surface area contributed by atoms with E-state index in [-0.39, 0.29) is 35.2 Å². The van der Waals surface area contributed by atoms with E-state index in [1.807, 2.05) is 79.7 Å². The molecule has 256 valence electrons. The third-order valence-electron chi connectivity index (χ3n) is 9.32. The number of aromatic nitrogens is 6. The Kier molecular flexibility index (Phi) is 8.81. The van der Waals surface area contributed by atoms with Crippen molar-refractivity contribution in [1.82, 2.24) is 39.5 Å². The van der Waals surface area contributed by atoms with E-state index in [0.29, 0.717) is 53.8 Å². The Morgan fingerprint density at radius 2 is 1.60 bits per heavy atom. The maximum atomic E-state index is 13.3. The average Bonchev–Trinajstić information content (AvgIpc) is 3.70. The third kappa shape index (κ3) is 6.54. The number of anilines is 1. The van der Waals surface area contributed by atoms with Gasteiger partial charge < -0.3 is 30.9 Å². The van der Waals surface area contributed by atoms with Crippen LogP contribution >= 0.6 is 0 Å². The molecular weight excluding hydrogens is 634 g/mol. The summed E-state index contributed by atoms with van der Waals surface area (Å²) in [5.74, 6) is 1.13. The van der Waals surface area contributed by atoms with E-state index in [9.17, 15) is 20.1 Å². The number of aromatic amines is 1. The van der Waals surface area contributed by atoms with Gasteiger partial charge in [-0.05, 0) is 71.3 Å². The number of nitrogens with one attached hydrogen (secondary N) is 1. The molecule has 1 aromatic heterocycles. The molecule has 1 amide bonds. The van der Waals surface area contributed by atoms with Crippen molar-refractivity contribution in [3.05, 3.63) is 101 Å². The minimum atomic E-state index is -0.311. The van der Waals surface area contributed by atoms with Crippen molar-refractivity contribution in [3.63, 3.8) is 0 Å². The van der Waals surface area contributed by atoms with Gasteiger partial charge >= 0.3 is 6.01 Å². The monoisotopic (exact) mass is 673 g/mol.